The largest absolute Gasteiger partial charge is 0.458 e. The Kier molecular flexibility index (Phi) is 6.31. The summed E-state index contributed by atoms with van der Waals surface area (Å²) in [4.78, 5) is 10.0. The van der Waals surface area contributed by atoms with E-state index in [1.54, 1.807) is 27.3 Å². The van der Waals surface area contributed by atoms with Gasteiger partial charge in [0.1, 0.15) is 17.3 Å². The van der Waals surface area contributed by atoms with Gasteiger partial charge >= 0.3 is 0 Å². The van der Waals surface area contributed by atoms with Crippen LogP contribution in [0.4, 0.5) is 0 Å². The molecule has 0 fully saturated rings. The Morgan fingerprint density at radius 3 is 2.10 bits per heavy atom. The molecule has 0 aliphatic heterocycles. The molecule has 4 aromatic heterocycles. The maximum Gasteiger partial charge on any atom is 0.269 e. The fourth-order valence-electron chi connectivity index (χ4n) is 8.09. The molecule has 7 aromatic carbocycles. The lowest BCUT2D eigenvalue weighted by Gasteiger charge is -2.19. The standard InChI is InChI=1S/C54H42N6O/c1-36-16-13-27-48-51(36)56-53-59(48)47-29-28-42(34-49(47)60(53)50-32-39(30-31-55-50)54(2,3)4)61-41-22-14-21-40(33-41)57-35-58(46-26-12-11-25-45(46)57)52-43(37-17-7-5-8-18-37)23-15-24-44(52)38-19-9-6-10-20-38/h5-34H,1-4H3/i5D,6D,7D,8D,9D,10D,17D,18D,19D,20D. The lowest BCUT2D eigenvalue weighted by atomic mass is 9.88. The maximum absolute atomic E-state index is 9.02. The highest BCUT2D eigenvalue weighted by atomic mass is 16.5. The summed E-state index contributed by atoms with van der Waals surface area (Å²) in [6.07, 6.45) is 5.27. The van der Waals surface area contributed by atoms with E-state index in [-0.39, 0.29) is 33.4 Å². The highest BCUT2D eigenvalue weighted by Gasteiger charge is 2.23. The number of rotatable bonds is 7. The number of nitrogens with zero attached hydrogens (tertiary/aromatic N) is 6. The first-order valence-electron chi connectivity index (χ1n) is 24.8. The van der Waals surface area contributed by atoms with Gasteiger partial charge in [-0.3, -0.25) is 18.1 Å². The predicted octanol–water partition coefficient (Wildman–Crippen LogP) is 12.6. The van der Waals surface area contributed by atoms with Crippen molar-refractivity contribution < 1.29 is 23.0 Å². The summed E-state index contributed by atoms with van der Waals surface area (Å²) in [7, 11) is 0. The molecule has 0 bridgehead atoms. The van der Waals surface area contributed by atoms with Crippen molar-refractivity contribution in [2.24, 2.45) is 0 Å². The van der Waals surface area contributed by atoms with Crippen molar-refractivity contribution in [3.63, 3.8) is 0 Å². The summed E-state index contributed by atoms with van der Waals surface area (Å²) in [5.74, 6) is 2.48. The van der Waals surface area contributed by atoms with E-state index in [4.69, 9.17) is 28.4 Å². The van der Waals surface area contributed by atoms with Gasteiger partial charge in [-0.15, -0.1) is 0 Å². The highest BCUT2D eigenvalue weighted by molar-refractivity contribution is 5.93. The molecule has 0 aliphatic carbocycles. The number of imidazole rings is 3. The van der Waals surface area contributed by atoms with Crippen LogP contribution in [0.2, 0.25) is 0 Å². The molecule has 0 radical (unpaired) electrons. The zero-order valence-corrected chi connectivity index (χ0v) is 33.6. The van der Waals surface area contributed by atoms with E-state index < -0.39 is 60.4 Å². The monoisotopic (exact) mass is 800 g/mol. The molecule has 0 saturated heterocycles. The molecule has 0 amide bonds. The average Bonchev–Trinajstić information content (AvgIpc) is 4.04. The Bertz CT molecular complexity index is 3910. The summed E-state index contributed by atoms with van der Waals surface area (Å²) in [6, 6.07) is 30.5. The zero-order chi connectivity index (χ0) is 49.9. The van der Waals surface area contributed by atoms with Crippen molar-refractivity contribution in [3.05, 3.63) is 199 Å². The molecule has 0 saturated carbocycles. The van der Waals surface area contributed by atoms with Gasteiger partial charge in [0.2, 0.25) is 5.78 Å². The van der Waals surface area contributed by atoms with E-state index in [9.17, 15) is 0 Å². The molecule has 0 aliphatic rings. The van der Waals surface area contributed by atoms with Crippen LogP contribution in [0, 0.1) is 13.3 Å². The van der Waals surface area contributed by atoms with E-state index in [0.717, 1.165) is 39.0 Å². The van der Waals surface area contributed by atoms with E-state index in [2.05, 4.69) is 61.2 Å². The smallest absolute Gasteiger partial charge is 0.269 e. The lowest BCUT2D eigenvalue weighted by Crippen LogP contribution is -2.31. The molecule has 0 N–H and O–H groups in total. The normalized spacial score (nSPS) is 14.2. The number of hydrogen-bond acceptors (Lipinski definition) is 3. The van der Waals surface area contributed by atoms with Gasteiger partial charge in [-0.2, -0.15) is 0 Å². The van der Waals surface area contributed by atoms with Crippen LogP contribution in [0.5, 0.6) is 11.5 Å². The van der Waals surface area contributed by atoms with Gasteiger partial charge in [0, 0.05) is 12.3 Å². The number of hydrogen-bond donors (Lipinski definition) is 0. The van der Waals surface area contributed by atoms with E-state index >= 15 is 0 Å². The molecular weight excluding hydrogens is 749 g/mol. The van der Waals surface area contributed by atoms with Crippen LogP contribution >= 0.6 is 0 Å². The number of para-hydroxylation sites is 4. The van der Waals surface area contributed by atoms with Gasteiger partial charge in [0.05, 0.1) is 58.2 Å². The minimum Gasteiger partial charge on any atom is -0.458 e. The number of pyridine rings is 1. The Labute approximate surface area is 368 Å². The number of ether oxygens (including phenoxy) is 1. The third-order valence-electron chi connectivity index (χ3n) is 11.0. The molecule has 11 rings (SSSR count). The summed E-state index contributed by atoms with van der Waals surface area (Å²) < 4.78 is 101. The number of aryl methyl sites for hydroxylation is 1. The summed E-state index contributed by atoms with van der Waals surface area (Å²) in [6.45, 7) is 8.56. The van der Waals surface area contributed by atoms with Crippen LogP contribution in [0.15, 0.2) is 182 Å². The minimum absolute atomic E-state index is 0.130. The topological polar surface area (TPSA) is 53.2 Å². The van der Waals surface area contributed by atoms with E-state index in [1.165, 1.54) is 0 Å². The number of aromatic nitrogens is 6. The van der Waals surface area contributed by atoms with Crippen molar-refractivity contribution in [1.82, 2.24) is 23.5 Å². The Hall–Kier alpha value is -7.77. The Balaban J connectivity index is 1.09. The number of benzene rings is 7. The second kappa shape index (κ2) is 14.2. The third-order valence-corrected chi connectivity index (χ3v) is 11.0. The summed E-state index contributed by atoms with van der Waals surface area (Å²) in [5.41, 5.74) is 7.72. The van der Waals surface area contributed by atoms with Crippen molar-refractivity contribution in [1.29, 1.82) is 0 Å². The second-order valence-corrected chi connectivity index (χ2v) is 15.9. The van der Waals surface area contributed by atoms with Crippen LogP contribution in [0.25, 0.3) is 78.3 Å². The lowest BCUT2D eigenvalue weighted by molar-refractivity contribution is -0.571. The molecule has 11 aromatic rings. The van der Waals surface area contributed by atoms with E-state index in [1.807, 2.05) is 85.1 Å². The van der Waals surface area contributed by atoms with Crippen molar-refractivity contribution >= 4 is 38.9 Å². The van der Waals surface area contributed by atoms with Crippen molar-refractivity contribution in [2.45, 2.75) is 33.1 Å². The van der Waals surface area contributed by atoms with E-state index in [0.29, 0.717) is 34.0 Å². The Morgan fingerprint density at radius 1 is 0.656 bits per heavy atom. The zero-order valence-electron chi connectivity index (χ0n) is 43.6. The summed E-state index contributed by atoms with van der Waals surface area (Å²) in [5, 5.41) is 0. The van der Waals surface area contributed by atoms with Crippen LogP contribution in [0.3, 0.4) is 0 Å². The summed E-state index contributed by atoms with van der Waals surface area (Å²) >= 11 is 0. The molecule has 7 nitrogen and oxygen atoms in total. The maximum atomic E-state index is 9.02. The van der Waals surface area contributed by atoms with Crippen molar-refractivity contribution in [3.8, 4) is 50.9 Å². The Morgan fingerprint density at radius 2 is 1.34 bits per heavy atom. The fraction of sp³-hybridized carbons (Fsp3) is 0.0926. The molecule has 61 heavy (non-hydrogen) atoms. The molecule has 7 heteroatoms. The van der Waals surface area contributed by atoms with Gasteiger partial charge in [0.15, 0.2) is 0 Å². The molecular formula is C54H42N6O. The van der Waals surface area contributed by atoms with Gasteiger partial charge in [-0.1, -0.05) is 142 Å². The van der Waals surface area contributed by atoms with Crippen LogP contribution in [0.1, 0.15) is 45.6 Å². The molecule has 4 heterocycles. The minimum atomic E-state index is -0.569. The first-order chi connectivity index (χ1) is 33.9. The first-order valence-corrected chi connectivity index (χ1v) is 19.8. The second-order valence-electron chi connectivity index (χ2n) is 15.9. The van der Waals surface area contributed by atoms with Crippen LogP contribution in [-0.2, 0) is 5.41 Å². The molecule has 294 valence electrons. The van der Waals surface area contributed by atoms with Crippen LogP contribution in [-0.4, -0.2) is 23.5 Å². The van der Waals surface area contributed by atoms with Gasteiger partial charge in [-0.25, -0.2) is 9.97 Å². The van der Waals surface area contributed by atoms with Gasteiger partial charge in [-0.05, 0) is 94.3 Å². The van der Waals surface area contributed by atoms with Crippen molar-refractivity contribution in [2.75, 3.05) is 0 Å². The molecule has 0 unspecified atom stereocenters. The third kappa shape index (κ3) is 6.16. The quantitative estimate of drug-likeness (QED) is 0.119. The molecule has 0 spiro atoms. The van der Waals surface area contributed by atoms with Crippen LogP contribution < -0.4 is 9.30 Å². The number of fused-ring (bicyclic) bond motifs is 6. The predicted molar refractivity (Wildman–Crippen MR) is 245 cm³/mol. The fourth-order valence-corrected chi connectivity index (χ4v) is 8.09. The average molecular weight is 801 g/mol. The molecule has 0 atom stereocenters. The SMILES string of the molecule is [2H]c1c([2H])c([2H])c(-c2cccc(-c3c([2H])c([2H])c([2H])c([2H])c3[2H])c2-[n+]2[c-]n(-c3cccc(Oc4ccc5c(c4)n(-c4cc(C(C)(C)C)ccn4)c4nc6c(C)cccc6n54)c3)c3ccccc32)c([2H])c1[2H]. The van der Waals surface area contributed by atoms with Gasteiger partial charge < -0.3 is 4.74 Å². The van der Waals surface area contributed by atoms with Gasteiger partial charge in [0.25, 0.3) is 6.33 Å². The highest BCUT2D eigenvalue weighted by Crippen LogP contribution is 2.37. The first kappa shape index (κ1) is 27.1.